The van der Waals surface area contributed by atoms with E-state index in [2.05, 4.69) is 0 Å². The number of halogens is 2. The molecule has 0 bridgehead atoms. The first kappa shape index (κ1) is 30.8. The summed E-state index contributed by atoms with van der Waals surface area (Å²) in [6, 6.07) is 14.1. The van der Waals surface area contributed by atoms with Crippen molar-refractivity contribution in [3.05, 3.63) is 69.7 Å². The fourth-order valence-corrected chi connectivity index (χ4v) is 8.57. The maximum absolute atomic E-state index is 14.3. The molecule has 10 heteroatoms. The maximum atomic E-state index is 14.3. The number of nitrogens with zero attached hydrogens (tertiary/aromatic N) is 2. The molecule has 2 aliphatic rings. The van der Waals surface area contributed by atoms with Gasteiger partial charge in [0.25, 0.3) is 0 Å². The van der Waals surface area contributed by atoms with Crippen LogP contribution in [0.5, 0.6) is 0 Å². The largest absolute Gasteiger partial charge is 0.481 e. The number of piperidine rings is 1. The minimum absolute atomic E-state index is 0.245. The van der Waals surface area contributed by atoms with Gasteiger partial charge in [-0.05, 0) is 68.0 Å². The van der Waals surface area contributed by atoms with E-state index in [9.17, 15) is 23.1 Å². The van der Waals surface area contributed by atoms with Gasteiger partial charge in [0.2, 0.25) is 15.9 Å². The predicted octanol–water partition coefficient (Wildman–Crippen LogP) is 6.51. The van der Waals surface area contributed by atoms with Gasteiger partial charge in [-0.1, -0.05) is 67.7 Å². The molecule has 4 rings (SSSR count). The molecule has 2 aromatic carbocycles. The molecule has 4 atom stereocenters. The third-order valence-electron chi connectivity index (χ3n) is 8.59. The normalized spacial score (nSPS) is 24.6. The fraction of sp³-hybridized carbons (Fsp3) is 0.533. The lowest BCUT2D eigenvalue weighted by molar-refractivity contribution is -0.160. The second kappa shape index (κ2) is 12.4. The third-order valence-corrected chi connectivity index (χ3v) is 11.6. The number of amides is 1. The number of rotatable bonds is 11. The summed E-state index contributed by atoms with van der Waals surface area (Å²) in [5.41, 5.74) is 0.635. The van der Waals surface area contributed by atoms with Crippen molar-refractivity contribution in [1.29, 1.82) is 0 Å². The number of benzene rings is 2. The zero-order chi connectivity index (χ0) is 29.2. The molecule has 4 unspecified atom stereocenters. The summed E-state index contributed by atoms with van der Waals surface area (Å²) in [6.45, 7) is 6.12. The number of carbonyl (C=O) groups excluding carboxylic acids is 1. The lowest BCUT2D eigenvalue weighted by atomic mass is 9.67. The smallest absolute Gasteiger partial charge is 0.304 e. The average Bonchev–Trinajstić information content (AvgIpc) is 2.84. The lowest BCUT2D eigenvalue weighted by Crippen LogP contribution is -2.56. The van der Waals surface area contributed by atoms with E-state index in [0.29, 0.717) is 42.3 Å². The van der Waals surface area contributed by atoms with Crippen LogP contribution in [-0.4, -0.2) is 59.0 Å². The van der Waals surface area contributed by atoms with Crippen molar-refractivity contribution in [3.8, 4) is 0 Å². The number of sulfonamides is 1. The highest BCUT2D eigenvalue weighted by Crippen LogP contribution is 2.52. The molecule has 2 fully saturated rings. The van der Waals surface area contributed by atoms with E-state index in [1.807, 2.05) is 44.2 Å². The summed E-state index contributed by atoms with van der Waals surface area (Å²) in [7, 11) is -3.40. The molecule has 218 valence electrons. The van der Waals surface area contributed by atoms with Crippen LogP contribution < -0.4 is 0 Å². The quantitative estimate of drug-likeness (QED) is 0.313. The van der Waals surface area contributed by atoms with Gasteiger partial charge < -0.3 is 10.0 Å². The number of hydrogen-bond donors (Lipinski definition) is 1. The molecule has 1 amide bonds. The Morgan fingerprint density at radius 1 is 1.12 bits per heavy atom. The van der Waals surface area contributed by atoms with Gasteiger partial charge in [0.15, 0.2) is 0 Å². The van der Waals surface area contributed by atoms with Crippen LogP contribution in [0.25, 0.3) is 0 Å². The number of carboxylic acid groups (broad SMARTS) is 1. The van der Waals surface area contributed by atoms with Crippen molar-refractivity contribution < 1.29 is 23.1 Å². The van der Waals surface area contributed by atoms with Crippen molar-refractivity contribution in [2.75, 3.05) is 13.1 Å². The van der Waals surface area contributed by atoms with Crippen molar-refractivity contribution in [2.24, 2.45) is 5.41 Å². The van der Waals surface area contributed by atoms with Crippen molar-refractivity contribution in [2.45, 2.75) is 82.5 Å². The zero-order valence-electron chi connectivity index (χ0n) is 23.2. The Labute approximate surface area is 247 Å². The Kier molecular flexibility index (Phi) is 9.55. The van der Waals surface area contributed by atoms with Crippen LogP contribution in [0.1, 0.15) is 82.4 Å². The Morgan fingerprint density at radius 2 is 1.80 bits per heavy atom. The minimum atomic E-state index is -3.40. The van der Waals surface area contributed by atoms with E-state index in [4.69, 9.17) is 23.2 Å². The molecule has 1 aliphatic heterocycles. The van der Waals surface area contributed by atoms with Gasteiger partial charge in [-0.3, -0.25) is 9.59 Å². The first-order chi connectivity index (χ1) is 18.9. The Balaban J connectivity index is 1.75. The first-order valence-corrected chi connectivity index (χ1v) is 16.2. The summed E-state index contributed by atoms with van der Waals surface area (Å²) >= 11 is 12.6. The molecular formula is C30H38Cl2N2O5S. The summed E-state index contributed by atoms with van der Waals surface area (Å²) in [6.07, 6.45) is 2.73. The van der Waals surface area contributed by atoms with Gasteiger partial charge in [-0.25, -0.2) is 12.7 Å². The predicted molar refractivity (Wildman–Crippen MR) is 158 cm³/mol. The molecule has 0 spiro atoms. The third kappa shape index (κ3) is 6.35. The second-order valence-electron chi connectivity index (χ2n) is 11.4. The molecule has 1 heterocycles. The molecule has 1 saturated heterocycles. The van der Waals surface area contributed by atoms with Gasteiger partial charge in [0.1, 0.15) is 0 Å². The highest BCUT2D eigenvalue weighted by molar-refractivity contribution is 7.89. The summed E-state index contributed by atoms with van der Waals surface area (Å²) in [5.74, 6) is -1.53. The van der Waals surface area contributed by atoms with Crippen molar-refractivity contribution >= 4 is 45.1 Å². The Bertz CT molecular complexity index is 1330. The number of likely N-dealkylation sites (tertiary alicyclic amines) is 1. The summed E-state index contributed by atoms with van der Waals surface area (Å²) < 4.78 is 27.9. The molecule has 7 nitrogen and oxygen atoms in total. The molecular weight excluding hydrogens is 571 g/mol. The number of aliphatic carboxylic acids is 1. The molecule has 1 N–H and O–H groups in total. The minimum Gasteiger partial charge on any atom is -0.481 e. The van der Waals surface area contributed by atoms with Crippen LogP contribution in [0.4, 0.5) is 0 Å². The molecule has 2 aromatic rings. The molecule has 1 aliphatic carbocycles. The van der Waals surface area contributed by atoms with Gasteiger partial charge >= 0.3 is 5.97 Å². The monoisotopic (exact) mass is 608 g/mol. The maximum Gasteiger partial charge on any atom is 0.304 e. The first-order valence-electron chi connectivity index (χ1n) is 13.9. The van der Waals surface area contributed by atoms with Gasteiger partial charge in [-0.2, -0.15) is 0 Å². The van der Waals surface area contributed by atoms with Crippen LogP contribution in [0.15, 0.2) is 48.5 Å². The number of hydrogen-bond acceptors (Lipinski definition) is 4. The van der Waals surface area contributed by atoms with E-state index in [0.717, 1.165) is 17.5 Å². The Morgan fingerprint density at radius 3 is 2.35 bits per heavy atom. The van der Waals surface area contributed by atoms with E-state index < -0.39 is 27.4 Å². The van der Waals surface area contributed by atoms with Crippen LogP contribution in [0, 0.1) is 5.41 Å². The number of carbonyl (C=O) groups is 2. The van der Waals surface area contributed by atoms with E-state index in [1.54, 1.807) is 30.0 Å². The van der Waals surface area contributed by atoms with Crippen LogP contribution >= 0.6 is 23.2 Å². The molecule has 0 radical (unpaired) electrons. The molecule has 0 aromatic heterocycles. The standard InChI is InChI=1S/C30H38Cl2N2O5S/c1-4-33(40(38,39)25-9-6-10-25)16-15-20(2)34-28(21-11-13-23(31)14-12-21)26(22-7-5-8-24(32)17-22)18-30(3,29(34)37)19-27(35)36/h5,7-8,11-14,17,20,25-26,28H,4,6,9-10,15-16,18-19H2,1-3H3,(H,35,36). The van der Waals surface area contributed by atoms with Crippen LogP contribution in [0.2, 0.25) is 10.0 Å². The highest BCUT2D eigenvalue weighted by Gasteiger charge is 2.52. The summed E-state index contributed by atoms with van der Waals surface area (Å²) in [4.78, 5) is 28.0. The second-order valence-corrected chi connectivity index (χ2v) is 14.5. The van der Waals surface area contributed by atoms with Crippen molar-refractivity contribution in [1.82, 2.24) is 9.21 Å². The SMILES string of the molecule is CCN(CCC(C)N1C(=O)C(C)(CC(=O)O)CC(c2cccc(Cl)c2)C1c1ccc(Cl)cc1)S(=O)(=O)C1CCC1. The van der Waals surface area contributed by atoms with Crippen molar-refractivity contribution in [3.63, 3.8) is 0 Å². The zero-order valence-corrected chi connectivity index (χ0v) is 25.6. The van der Waals surface area contributed by atoms with E-state index in [1.165, 1.54) is 4.31 Å². The molecule has 1 saturated carbocycles. The number of carboxylic acids is 1. The van der Waals surface area contributed by atoms with Gasteiger partial charge in [0, 0.05) is 35.1 Å². The molecule has 40 heavy (non-hydrogen) atoms. The fourth-order valence-electron chi connectivity index (χ4n) is 6.18. The van der Waals surface area contributed by atoms with Crippen LogP contribution in [-0.2, 0) is 19.6 Å². The Hall–Kier alpha value is -2.13. The van der Waals surface area contributed by atoms with E-state index >= 15 is 0 Å². The van der Waals surface area contributed by atoms with Crippen LogP contribution in [0.3, 0.4) is 0 Å². The highest BCUT2D eigenvalue weighted by atomic mass is 35.5. The lowest BCUT2D eigenvalue weighted by Gasteiger charge is -2.51. The average molecular weight is 610 g/mol. The van der Waals surface area contributed by atoms with E-state index in [-0.39, 0.29) is 36.1 Å². The summed E-state index contributed by atoms with van der Waals surface area (Å²) in [5, 5.41) is 10.6. The topological polar surface area (TPSA) is 95.0 Å². The van der Waals surface area contributed by atoms with Gasteiger partial charge in [0.05, 0.1) is 23.1 Å². The van der Waals surface area contributed by atoms with Gasteiger partial charge in [-0.15, -0.1) is 0 Å².